The molecule has 29 heavy (non-hydrogen) atoms. The van der Waals surface area contributed by atoms with Crippen LogP contribution in [0, 0.1) is 27.7 Å². The Morgan fingerprint density at radius 2 is 1.31 bits per heavy atom. The van der Waals surface area contributed by atoms with Crippen LogP contribution in [0.1, 0.15) is 22.3 Å². The number of hydrogen-bond acceptors (Lipinski definition) is 1. The molecule has 0 atom stereocenters. The van der Waals surface area contributed by atoms with E-state index >= 15 is 0 Å². The SMILES string of the molecule is Cc1ccc2ccc(C)c(N3[C-]=[N+](c4c(C)ccc5ccc(C)cc45)CC3)c2c1. The van der Waals surface area contributed by atoms with Gasteiger partial charge >= 0.3 is 0 Å². The molecule has 0 N–H and O–H groups in total. The van der Waals surface area contributed by atoms with Crippen molar-refractivity contribution in [2.45, 2.75) is 27.7 Å². The third kappa shape index (κ3) is 3.00. The maximum atomic E-state index is 3.70. The largest absolute Gasteiger partial charge is 0.333 e. The van der Waals surface area contributed by atoms with Gasteiger partial charge in [0.1, 0.15) is 13.1 Å². The molecular weight excluding hydrogens is 352 g/mol. The topological polar surface area (TPSA) is 6.25 Å². The van der Waals surface area contributed by atoms with Gasteiger partial charge in [-0.3, -0.25) is 0 Å². The van der Waals surface area contributed by atoms with Gasteiger partial charge in [-0.15, -0.1) is 0 Å². The first-order valence-corrected chi connectivity index (χ1v) is 10.3. The van der Waals surface area contributed by atoms with E-state index in [1.165, 1.54) is 55.2 Å². The summed E-state index contributed by atoms with van der Waals surface area (Å²) in [5.41, 5.74) is 7.73. The van der Waals surface area contributed by atoms with Gasteiger partial charge in [0.2, 0.25) is 6.34 Å². The molecule has 0 fully saturated rings. The average Bonchev–Trinajstić information content (AvgIpc) is 3.16. The highest BCUT2D eigenvalue weighted by Gasteiger charge is 2.21. The first kappa shape index (κ1) is 17.9. The normalized spacial score (nSPS) is 14.1. The second-order valence-electron chi connectivity index (χ2n) is 8.31. The molecule has 0 spiro atoms. The number of benzene rings is 4. The average molecular weight is 379 g/mol. The van der Waals surface area contributed by atoms with E-state index in [4.69, 9.17) is 0 Å². The molecule has 2 heteroatoms. The van der Waals surface area contributed by atoms with Gasteiger partial charge in [0, 0.05) is 11.4 Å². The van der Waals surface area contributed by atoms with Crippen LogP contribution in [0.15, 0.2) is 60.7 Å². The van der Waals surface area contributed by atoms with Gasteiger partial charge in [0.25, 0.3) is 0 Å². The summed E-state index contributed by atoms with van der Waals surface area (Å²) in [6.07, 6.45) is 3.70. The van der Waals surface area contributed by atoms with Crippen LogP contribution in [0.5, 0.6) is 0 Å². The van der Waals surface area contributed by atoms with Crippen molar-refractivity contribution in [1.82, 2.24) is 0 Å². The fourth-order valence-corrected chi connectivity index (χ4v) is 4.54. The van der Waals surface area contributed by atoms with Crippen LogP contribution < -0.4 is 4.90 Å². The van der Waals surface area contributed by atoms with Crippen LogP contribution in [-0.2, 0) is 0 Å². The molecule has 0 saturated heterocycles. The fraction of sp³-hybridized carbons (Fsp3) is 0.222. The van der Waals surface area contributed by atoms with Gasteiger partial charge in [-0.2, -0.15) is 0 Å². The predicted molar refractivity (Wildman–Crippen MR) is 124 cm³/mol. The minimum absolute atomic E-state index is 0.940. The van der Waals surface area contributed by atoms with Gasteiger partial charge in [0.15, 0.2) is 0 Å². The van der Waals surface area contributed by atoms with Crippen LogP contribution in [0.2, 0.25) is 0 Å². The number of aryl methyl sites for hydroxylation is 4. The molecule has 4 aromatic rings. The zero-order valence-electron chi connectivity index (χ0n) is 17.6. The molecule has 0 bridgehead atoms. The lowest BCUT2D eigenvalue weighted by Crippen LogP contribution is -2.19. The molecule has 0 aromatic heterocycles. The van der Waals surface area contributed by atoms with Crippen molar-refractivity contribution >= 4 is 39.3 Å². The Morgan fingerprint density at radius 1 is 0.724 bits per heavy atom. The van der Waals surface area contributed by atoms with Crippen LogP contribution in [0.4, 0.5) is 11.4 Å². The Balaban J connectivity index is 1.68. The minimum Gasteiger partial charge on any atom is -0.333 e. The number of anilines is 1. The Hall–Kier alpha value is -3.13. The highest BCUT2D eigenvalue weighted by atomic mass is 15.3. The third-order valence-corrected chi connectivity index (χ3v) is 6.03. The summed E-state index contributed by atoms with van der Waals surface area (Å²) in [6, 6.07) is 22.3. The summed E-state index contributed by atoms with van der Waals surface area (Å²) in [5, 5.41) is 5.19. The lowest BCUT2D eigenvalue weighted by atomic mass is 10.0. The van der Waals surface area contributed by atoms with E-state index in [0.717, 1.165) is 13.1 Å². The smallest absolute Gasteiger partial charge is 0.206 e. The van der Waals surface area contributed by atoms with Gasteiger partial charge in [-0.25, -0.2) is 0 Å². The van der Waals surface area contributed by atoms with E-state index in [0.29, 0.717) is 0 Å². The Kier molecular flexibility index (Phi) is 4.16. The van der Waals surface area contributed by atoms with Gasteiger partial charge < -0.3 is 9.48 Å². The molecule has 2 nitrogen and oxygen atoms in total. The molecular formula is C27H26N2. The van der Waals surface area contributed by atoms with E-state index < -0.39 is 0 Å². The van der Waals surface area contributed by atoms with Crippen molar-refractivity contribution in [3.8, 4) is 0 Å². The minimum atomic E-state index is 0.940. The monoisotopic (exact) mass is 378 g/mol. The number of hydrogen-bond donors (Lipinski definition) is 0. The van der Waals surface area contributed by atoms with Crippen molar-refractivity contribution in [3.05, 3.63) is 82.9 Å². The van der Waals surface area contributed by atoms with Crippen LogP contribution >= 0.6 is 0 Å². The van der Waals surface area contributed by atoms with E-state index in [1.807, 2.05) is 0 Å². The quantitative estimate of drug-likeness (QED) is 0.293. The lowest BCUT2D eigenvalue weighted by molar-refractivity contribution is -0.422. The second kappa shape index (κ2) is 6.73. The number of nitrogens with zero attached hydrogens (tertiary/aromatic N) is 2. The fourth-order valence-electron chi connectivity index (χ4n) is 4.54. The van der Waals surface area contributed by atoms with Crippen molar-refractivity contribution in [2.75, 3.05) is 18.0 Å². The van der Waals surface area contributed by atoms with E-state index in [-0.39, 0.29) is 0 Å². The Morgan fingerprint density at radius 3 is 2.03 bits per heavy atom. The van der Waals surface area contributed by atoms with E-state index in [9.17, 15) is 0 Å². The molecule has 0 unspecified atom stereocenters. The summed E-state index contributed by atoms with van der Waals surface area (Å²) in [7, 11) is 0. The van der Waals surface area contributed by atoms with Crippen LogP contribution in [0.3, 0.4) is 0 Å². The summed E-state index contributed by atoms with van der Waals surface area (Å²) < 4.78 is 2.31. The molecule has 1 heterocycles. The maximum absolute atomic E-state index is 3.70. The number of rotatable bonds is 2. The Labute approximate surface area is 172 Å². The van der Waals surface area contributed by atoms with Crippen molar-refractivity contribution in [2.24, 2.45) is 0 Å². The van der Waals surface area contributed by atoms with Crippen LogP contribution in [0.25, 0.3) is 21.5 Å². The summed E-state index contributed by atoms with van der Waals surface area (Å²) in [4.78, 5) is 2.31. The highest BCUT2D eigenvalue weighted by molar-refractivity contribution is 6.01. The molecule has 0 amide bonds. The second-order valence-corrected chi connectivity index (χ2v) is 8.31. The number of fused-ring (bicyclic) bond motifs is 2. The predicted octanol–water partition coefficient (Wildman–Crippen LogP) is 6.30. The van der Waals surface area contributed by atoms with E-state index in [1.54, 1.807) is 0 Å². The summed E-state index contributed by atoms with van der Waals surface area (Å²) in [5.74, 6) is 0. The first-order chi connectivity index (χ1) is 14.0. The molecule has 0 radical (unpaired) electrons. The van der Waals surface area contributed by atoms with E-state index in [2.05, 4.69) is 104 Å². The lowest BCUT2D eigenvalue weighted by Gasteiger charge is -2.20. The highest BCUT2D eigenvalue weighted by Crippen LogP contribution is 2.35. The van der Waals surface area contributed by atoms with Crippen molar-refractivity contribution in [3.63, 3.8) is 0 Å². The first-order valence-electron chi connectivity index (χ1n) is 10.3. The molecule has 5 rings (SSSR count). The maximum Gasteiger partial charge on any atom is 0.206 e. The zero-order valence-corrected chi connectivity index (χ0v) is 17.6. The molecule has 4 aromatic carbocycles. The molecule has 1 aliphatic heterocycles. The standard InChI is InChI=1S/C27H26N2/c1-18-5-9-22-11-7-20(3)26(24(22)15-18)28-13-14-29(17-28)27-21(4)8-12-23-10-6-19(2)16-25(23)27/h5-12,15-16H,13-14H2,1-4H3. The zero-order chi connectivity index (χ0) is 20.1. The Bertz CT molecular complexity index is 1290. The van der Waals surface area contributed by atoms with Crippen molar-refractivity contribution < 1.29 is 4.58 Å². The third-order valence-electron chi connectivity index (χ3n) is 6.03. The molecule has 0 saturated carbocycles. The van der Waals surface area contributed by atoms with Gasteiger partial charge in [-0.1, -0.05) is 82.9 Å². The van der Waals surface area contributed by atoms with Crippen molar-refractivity contribution in [1.29, 1.82) is 0 Å². The molecule has 0 aliphatic carbocycles. The van der Waals surface area contributed by atoms with Gasteiger partial charge in [0.05, 0.1) is 0 Å². The molecule has 144 valence electrons. The summed E-state index contributed by atoms with van der Waals surface area (Å²) in [6.45, 7) is 10.6. The van der Waals surface area contributed by atoms with Crippen LogP contribution in [-0.4, -0.2) is 24.0 Å². The molecule has 1 aliphatic rings. The summed E-state index contributed by atoms with van der Waals surface area (Å²) >= 11 is 0. The van der Waals surface area contributed by atoms with Gasteiger partial charge in [-0.05, 0) is 49.2 Å².